The molecule has 2 atom stereocenters. The summed E-state index contributed by atoms with van der Waals surface area (Å²) in [6.07, 6.45) is -0.697. The van der Waals surface area contributed by atoms with E-state index < -0.39 is 39.9 Å². The predicted octanol–water partition coefficient (Wildman–Crippen LogP) is 0.758. The molecule has 9 nitrogen and oxygen atoms in total. The molecule has 10 heteroatoms. The number of carbonyl (C=O) groups is 3. The highest BCUT2D eigenvalue weighted by Crippen LogP contribution is 2.19. The quantitative estimate of drug-likeness (QED) is 0.680. The topological polar surface area (TPSA) is 136 Å². The van der Waals surface area contributed by atoms with Gasteiger partial charge in [-0.05, 0) is 38.5 Å². The number of ether oxygens (including phenoxy) is 1. The maximum atomic E-state index is 12.6. The average Bonchev–Trinajstić information content (AvgIpc) is 2.94. The number of hydrogen-bond donors (Lipinski definition) is 2. The number of benzene rings is 1. The lowest BCUT2D eigenvalue weighted by Crippen LogP contribution is -2.46. The molecule has 0 spiro atoms. The van der Waals surface area contributed by atoms with E-state index in [4.69, 9.17) is 10.5 Å². The zero-order valence-corrected chi connectivity index (χ0v) is 16.0. The molecule has 0 radical (unpaired) electrons. The van der Waals surface area contributed by atoms with Gasteiger partial charge in [0.15, 0.2) is 15.9 Å². The summed E-state index contributed by atoms with van der Waals surface area (Å²) in [6, 6.07) is 4.77. The second-order valence-electron chi connectivity index (χ2n) is 6.30. The van der Waals surface area contributed by atoms with Crippen LogP contribution in [-0.2, 0) is 19.4 Å². The highest BCUT2D eigenvalue weighted by atomic mass is 32.2. The van der Waals surface area contributed by atoms with Crippen LogP contribution < -0.4 is 11.1 Å². The van der Waals surface area contributed by atoms with Crippen molar-refractivity contribution in [3.63, 3.8) is 0 Å². The number of likely N-dealkylation sites (N-methyl/N-ethyl adjacent to an activating group) is 1. The Balaban J connectivity index is 2.04. The van der Waals surface area contributed by atoms with Crippen LogP contribution in [0.4, 0.5) is 10.5 Å². The van der Waals surface area contributed by atoms with E-state index >= 15 is 0 Å². The van der Waals surface area contributed by atoms with Gasteiger partial charge in [-0.25, -0.2) is 18.0 Å². The molecule has 0 aliphatic carbocycles. The van der Waals surface area contributed by atoms with E-state index in [2.05, 4.69) is 5.32 Å². The number of hydrogen-bond acceptors (Lipinski definition) is 6. The summed E-state index contributed by atoms with van der Waals surface area (Å²) in [5.74, 6) is -1.21. The molecule has 1 aliphatic heterocycles. The van der Waals surface area contributed by atoms with E-state index in [1.807, 2.05) is 0 Å². The maximum Gasteiger partial charge on any atom is 0.338 e. The van der Waals surface area contributed by atoms with Crippen molar-refractivity contribution in [1.82, 2.24) is 4.90 Å². The van der Waals surface area contributed by atoms with Gasteiger partial charge in [0.1, 0.15) is 0 Å². The Morgan fingerprint density at radius 3 is 2.63 bits per heavy atom. The lowest BCUT2D eigenvalue weighted by molar-refractivity contribution is -0.141. The Hall–Kier alpha value is -2.62. The smallest absolute Gasteiger partial charge is 0.338 e. The fourth-order valence-corrected chi connectivity index (χ4v) is 4.72. The molecule has 3 amide bonds. The fraction of sp³-hybridized carbons (Fsp3) is 0.471. The first-order valence-corrected chi connectivity index (χ1v) is 10.3. The largest absolute Gasteiger partial charge is 0.449 e. The molecule has 1 aromatic carbocycles. The molecule has 2 rings (SSSR count). The summed E-state index contributed by atoms with van der Waals surface area (Å²) < 4.78 is 28.6. The van der Waals surface area contributed by atoms with E-state index in [9.17, 15) is 22.8 Å². The minimum absolute atomic E-state index is 0.0509. The SMILES string of the molecule is CCN(C(=O)[C@@H](C)OC(=O)c1cccc(NC(N)=O)c1)[C@H]1CCS(=O)(=O)C1. The predicted molar refractivity (Wildman–Crippen MR) is 99.0 cm³/mol. The summed E-state index contributed by atoms with van der Waals surface area (Å²) >= 11 is 0. The Bertz CT molecular complexity index is 839. The highest BCUT2D eigenvalue weighted by Gasteiger charge is 2.36. The molecule has 1 saturated heterocycles. The molecular formula is C17H23N3O6S. The number of amides is 3. The average molecular weight is 397 g/mol. The molecule has 3 N–H and O–H groups in total. The third-order valence-corrected chi connectivity index (χ3v) is 6.02. The number of urea groups is 1. The van der Waals surface area contributed by atoms with Crippen molar-refractivity contribution in [3.8, 4) is 0 Å². The second-order valence-corrected chi connectivity index (χ2v) is 8.53. The normalized spacial score (nSPS) is 19.1. The number of primary amides is 1. The van der Waals surface area contributed by atoms with Crippen molar-refractivity contribution in [2.24, 2.45) is 5.73 Å². The van der Waals surface area contributed by atoms with E-state index in [1.165, 1.54) is 30.0 Å². The molecular weight excluding hydrogens is 374 g/mol. The van der Waals surface area contributed by atoms with Gasteiger partial charge in [-0.1, -0.05) is 6.07 Å². The Kier molecular flexibility index (Phi) is 6.42. The van der Waals surface area contributed by atoms with Crippen LogP contribution in [0, 0.1) is 0 Å². The van der Waals surface area contributed by atoms with Gasteiger partial charge in [-0.2, -0.15) is 0 Å². The van der Waals surface area contributed by atoms with Gasteiger partial charge < -0.3 is 20.7 Å². The first-order valence-electron chi connectivity index (χ1n) is 8.51. The third kappa shape index (κ3) is 5.43. The Morgan fingerprint density at radius 2 is 2.07 bits per heavy atom. The zero-order chi connectivity index (χ0) is 20.2. The van der Waals surface area contributed by atoms with Crippen LogP contribution in [0.25, 0.3) is 0 Å². The number of nitrogens with one attached hydrogen (secondary N) is 1. The monoisotopic (exact) mass is 397 g/mol. The summed E-state index contributed by atoms with van der Waals surface area (Å²) in [5.41, 5.74) is 5.51. The number of nitrogens with zero attached hydrogens (tertiary/aromatic N) is 1. The Labute approximate surface area is 157 Å². The summed E-state index contributed by atoms with van der Waals surface area (Å²) in [5, 5.41) is 2.35. The number of anilines is 1. The molecule has 1 fully saturated rings. The molecule has 0 unspecified atom stereocenters. The van der Waals surface area contributed by atoms with Crippen molar-refractivity contribution in [3.05, 3.63) is 29.8 Å². The van der Waals surface area contributed by atoms with Crippen LogP contribution in [0.3, 0.4) is 0 Å². The highest BCUT2D eigenvalue weighted by molar-refractivity contribution is 7.91. The molecule has 0 aromatic heterocycles. The van der Waals surface area contributed by atoms with Crippen LogP contribution in [0.5, 0.6) is 0 Å². The van der Waals surface area contributed by atoms with E-state index in [0.717, 1.165) is 0 Å². The van der Waals surface area contributed by atoms with Gasteiger partial charge in [0.2, 0.25) is 0 Å². The molecule has 148 valence electrons. The third-order valence-electron chi connectivity index (χ3n) is 4.27. The minimum Gasteiger partial charge on any atom is -0.449 e. The van der Waals surface area contributed by atoms with Crippen LogP contribution in [-0.4, -0.2) is 61.4 Å². The summed E-state index contributed by atoms with van der Waals surface area (Å²) in [4.78, 5) is 37.3. The number of esters is 1. The number of sulfone groups is 1. The van der Waals surface area contributed by atoms with Crippen molar-refractivity contribution in [1.29, 1.82) is 0 Å². The number of carbonyl (C=O) groups excluding carboxylic acids is 3. The van der Waals surface area contributed by atoms with Crippen LogP contribution >= 0.6 is 0 Å². The van der Waals surface area contributed by atoms with Crippen LogP contribution in [0.1, 0.15) is 30.6 Å². The van der Waals surface area contributed by atoms with Crippen LogP contribution in [0.2, 0.25) is 0 Å². The molecule has 1 aromatic rings. The lowest BCUT2D eigenvalue weighted by Gasteiger charge is -2.29. The van der Waals surface area contributed by atoms with Gasteiger partial charge >= 0.3 is 12.0 Å². The van der Waals surface area contributed by atoms with E-state index in [0.29, 0.717) is 18.7 Å². The van der Waals surface area contributed by atoms with Crippen molar-refractivity contribution in [2.45, 2.75) is 32.4 Å². The van der Waals surface area contributed by atoms with Crippen molar-refractivity contribution in [2.75, 3.05) is 23.4 Å². The molecule has 1 aliphatic rings. The molecule has 0 bridgehead atoms. The molecule has 27 heavy (non-hydrogen) atoms. The van der Waals surface area contributed by atoms with Crippen molar-refractivity contribution < 1.29 is 27.5 Å². The first kappa shape index (κ1) is 20.7. The van der Waals surface area contributed by atoms with E-state index in [1.54, 1.807) is 13.0 Å². The zero-order valence-electron chi connectivity index (χ0n) is 15.2. The number of nitrogens with two attached hydrogens (primary N) is 1. The van der Waals surface area contributed by atoms with Gasteiger partial charge in [0.25, 0.3) is 5.91 Å². The fourth-order valence-electron chi connectivity index (χ4n) is 2.99. The summed E-state index contributed by atoms with van der Waals surface area (Å²) in [7, 11) is -3.14. The summed E-state index contributed by atoms with van der Waals surface area (Å²) in [6.45, 7) is 3.51. The Morgan fingerprint density at radius 1 is 1.37 bits per heavy atom. The maximum absolute atomic E-state index is 12.6. The van der Waals surface area contributed by atoms with Crippen molar-refractivity contribution >= 4 is 33.4 Å². The lowest BCUT2D eigenvalue weighted by atomic mass is 10.2. The molecule has 0 saturated carbocycles. The number of rotatable bonds is 6. The standard InChI is InChI=1S/C17H23N3O6S/c1-3-20(14-7-8-27(24,25)10-14)15(21)11(2)26-16(22)12-5-4-6-13(9-12)19-17(18)23/h4-6,9,11,14H,3,7-8,10H2,1-2H3,(H3,18,19,23)/t11-,14+/m1/s1. The van der Waals surface area contributed by atoms with Gasteiger partial charge in [0.05, 0.1) is 17.1 Å². The van der Waals surface area contributed by atoms with Crippen LogP contribution in [0.15, 0.2) is 24.3 Å². The molecule has 1 heterocycles. The first-order chi connectivity index (χ1) is 12.6. The second kappa shape index (κ2) is 8.38. The van der Waals surface area contributed by atoms with Gasteiger partial charge in [-0.15, -0.1) is 0 Å². The minimum atomic E-state index is -3.14. The van der Waals surface area contributed by atoms with E-state index in [-0.39, 0.29) is 17.1 Å². The van der Waals surface area contributed by atoms with Gasteiger partial charge in [0, 0.05) is 18.3 Å². The van der Waals surface area contributed by atoms with Gasteiger partial charge in [-0.3, -0.25) is 4.79 Å².